The van der Waals surface area contributed by atoms with Crippen LogP contribution < -0.4 is 29.6 Å². The largest absolute Gasteiger partial charge is 1.00 e. The van der Waals surface area contributed by atoms with E-state index in [1.165, 1.54) is 102 Å². The third kappa shape index (κ3) is 21.8. The molecule has 1 aromatic rings. The van der Waals surface area contributed by atoms with Crippen LogP contribution in [0, 0.1) is 0 Å². The van der Waals surface area contributed by atoms with Crippen molar-refractivity contribution in [2.75, 3.05) is 19.0 Å². The van der Waals surface area contributed by atoms with Crippen LogP contribution in [0.15, 0.2) is 24.3 Å². The Morgan fingerprint density at radius 3 is 1.27 bits per heavy atom. The molecule has 0 aliphatic heterocycles. The Kier molecular flexibility index (Phi) is 25.2. The van der Waals surface area contributed by atoms with E-state index in [2.05, 4.69) is 6.92 Å². The maximum absolute atomic E-state index is 12.5. The second-order valence-electron chi connectivity index (χ2n) is 10.4. The van der Waals surface area contributed by atoms with Gasteiger partial charge in [0.2, 0.25) is 0 Å². The Morgan fingerprint density at radius 2 is 0.925 bits per heavy atom. The molecule has 0 saturated heterocycles. The third-order valence-corrected chi connectivity index (χ3v) is 7.66. The van der Waals surface area contributed by atoms with Crippen LogP contribution in [-0.4, -0.2) is 43.9 Å². The van der Waals surface area contributed by atoms with Gasteiger partial charge in [0, 0.05) is 5.75 Å². The van der Waals surface area contributed by atoms with Crippen molar-refractivity contribution in [3.8, 4) is 0 Å². The number of unbranched alkanes of at least 4 members (excludes halogenated alkanes) is 17. The van der Waals surface area contributed by atoms with Crippen LogP contribution in [0.25, 0.3) is 0 Å². The van der Waals surface area contributed by atoms with Crippen molar-refractivity contribution in [2.24, 2.45) is 0 Å². The standard InChI is InChI=1S/C31H52O7S.Na/c1-2-3-4-5-6-7-8-9-10-11-12-13-14-15-16-17-20-25-37-30(32)28-23-18-19-24-29(28)31(33)38-26-21-22-27-39(34,35)36;/h18-19,23-24H,2-17,20-22,25-27H2,1H3,(H,34,35,36);/q;+1/p-1. The summed E-state index contributed by atoms with van der Waals surface area (Å²) in [5.74, 6) is -1.73. The summed E-state index contributed by atoms with van der Waals surface area (Å²) in [6.45, 7) is 2.54. The fourth-order valence-corrected chi connectivity index (χ4v) is 5.09. The Balaban J connectivity index is 0.0000152. The maximum atomic E-state index is 12.5. The van der Waals surface area contributed by atoms with Crippen LogP contribution >= 0.6 is 0 Å². The first kappa shape index (κ1) is 39.1. The molecular formula is C31H51NaO7S. The summed E-state index contributed by atoms with van der Waals surface area (Å²) in [5, 5.41) is 0. The molecular weight excluding hydrogens is 539 g/mol. The molecule has 9 heteroatoms. The first-order valence-corrected chi connectivity index (χ1v) is 16.8. The number of benzene rings is 1. The van der Waals surface area contributed by atoms with Gasteiger partial charge in [0.1, 0.15) is 0 Å². The average Bonchev–Trinajstić information content (AvgIpc) is 2.91. The van der Waals surface area contributed by atoms with Crippen molar-refractivity contribution < 1.29 is 61.6 Å². The second-order valence-corrected chi connectivity index (χ2v) is 12.0. The van der Waals surface area contributed by atoms with Crippen molar-refractivity contribution in [2.45, 2.75) is 129 Å². The molecule has 0 aliphatic carbocycles. The topological polar surface area (TPSA) is 110 Å². The van der Waals surface area contributed by atoms with Gasteiger partial charge in [-0.05, 0) is 31.4 Å². The van der Waals surface area contributed by atoms with Gasteiger partial charge in [-0.15, -0.1) is 0 Å². The molecule has 0 unspecified atom stereocenters. The van der Waals surface area contributed by atoms with E-state index in [1.807, 2.05) is 0 Å². The van der Waals surface area contributed by atoms with E-state index in [4.69, 9.17) is 9.47 Å². The third-order valence-electron chi connectivity index (χ3n) is 6.87. The quantitative estimate of drug-likeness (QED) is 0.0684. The zero-order chi connectivity index (χ0) is 28.6. The van der Waals surface area contributed by atoms with Crippen LogP contribution in [0.4, 0.5) is 0 Å². The van der Waals surface area contributed by atoms with E-state index in [9.17, 15) is 22.6 Å². The molecule has 0 aliphatic rings. The molecule has 1 aromatic carbocycles. The van der Waals surface area contributed by atoms with Gasteiger partial charge in [-0.1, -0.05) is 122 Å². The molecule has 0 saturated carbocycles. The van der Waals surface area contributed by atoms with Gasteiger partial charge in [-0.3, -0.25) is 0 Å². The number of ether oxygens (including phenoxy) is 2. The minimum Gasteiger partial charge on any atom is -0.748 e. The van der Waals surface area contributed by atoms with E-state index < -0.39 is 27.8 Å². The SMILES string of the molecule is CCCCCCCCCCCCCCCCCCCOC(=O)c1ccccc1C(=O)OCCCCS(=O)(=O)[O-].[Na+]. The first-order chi connectivity index (χ1) is 18.8. The number of rotatable bonds is 25. The monoisotopic (exact) mass is 590 g/mol. The molecule has 0 amide bonds. The summed E-state index contributed by atoms with van der Waals surface area (Å²) in [7, 11) is -4.27. The number of carbonyl (C=O) groups is 2. The second kappa shape index (κ2) is 25.8. The zero-order valence-electron chi connectivity index (χ0n) is 25.1. The molecule has 0 heterocycles. The fourth-order valence-electron chi connectivity index (χ4n) is 4.53. The van der Waals surface area contributed by atoms with Crippen LogP contribution in [0.5, 0.6) is 0 Å². The Hall–Kier alpha value is -0.930. The molecule has 0 fully saturated rings. The van der Waals surface area contributed by atoms with Gasteiger partial charge in [0.25, 0.3) is 0 Å². The molecule has 0 bridgehead atoms. The first-order valence-electron chi connectivity index (χ1n) is 15.2. The maximum Gasteiger partial charge on any atom is 1.00 e. The number of hydrogen-bond donors (Lipinski definition) is 0. The summed E-state index contributed by atoms with van der Waals surface area (Å²) in [6, 6.07) is 6.31. The van der Waals surface area contributed by atoms with E-state index in [0.29, 0.717) is 6.61 Å². The molecule has 0 spiro atoms. The molecule has 40 heavy (non-hydrogen) atoms. The van der Waals surface area contributed by atoms with Crippen molar-refractivity contribution in [1.29, 1.82) is 0 Å². The molecule has 0 radical (unpaired) electrons. The Labute approximate surface area is 265 Å². The molecule has 0 N–H and O–H groups in total. The smallest absolute Gasteiger partial charge is 0.748 e. The summed E-state index contributed by atoms with van der Waals surface area (Å²) >= 11 is 0. The van der Waals surface area contributed by atoms with Crippen LogP contribution in [0.1, 0.15) is 150 Å². The zero-order valence-corrected chi connectivity index (χ0v) is 27.9. The fraction of sp³-hybridized carbons (Fsp3) is 0.742. The van der Waals surface area contributed by atoms with Gasteiger partial charge in [-0.25, -0.2) is 18.0 Å². The van der Waals surface area contributed by atoms with Crippen LogP contribution in [-0.2, 0) is 19.6 Å². The number of esters is 2. The van der Waals surface area contributed by atoms with E-state index in [0.717, 1.165) is 19.3 Å². The van der Waals surface area contributed by atoms with Crippen molar-refractivity contribution in [3.05, 3.63) is 35.4 Å². The van der Waals surface area contributed by atoms with Crippen LogP contribution in [0.3, 0.4) is 0 Å². The van der Waals surface area contributed by atoms with Gasteiger partial charge in [0.15, 0.2) is 0 Å². The molecule has 7 nitrogen and oxygen atoms in total. The summed E-state index contributed by atoms with van der Waals surface area (Å²) in [6.07, 6.45) is 22.2. The average molecular weight is 591 g/mol. The van der Waals surface area contributed by atoms with Gasteiger partial charge < -0.3 is 14.0 Å². The van der Waals surface area contributed by atoms with Gasteiger partial charge in [-0.2, -0.15) is 0 Å². The normalized spacial score (nSPS) is 11.2. The predicted molar refractivity (Wildman–Crippen MR) is 155 cm³/mol. The number of carbonyl (C=O) groups excluding carboxylic acids is 2. The summed E-state index contributed by atoms with van der Waals surface area (Å²) < 4.78 is 42.4. The molecule has 224 valence electrons. The molecule has 1 rings (SSSR count). The summed E-state index contributed by atoms with van der Waals surface area (Å²) in [4.78, 5) is 24.9. The molecule has 0 atom stereocenters. The Morgan fingerprint density at radius 1 is 0.600 bits per heavy atom. The predicted octanol–water partition coefficient (Wildman–Crippen LogP) is 4.98. The van der Waals surface area contributed by atoms with E-state index >= 15 is 0 Å². The van der Waals surface area contributed by atoms with Crippen molar-refractivity contribution >= 4 is 22.1 Å². The van der Waals surface area contributed by atoms with Crippen molar-refractivity contribution in [1.82, 2.24) is 0 Å². The minimum absolute atomic E-state index is 0. The number of hydrogen-bond acceptors (Lipinski definition) is 7. The van der Waals surface area contributed by atoms with E-state index in [1.54, 1.807) is 12.1 Å². The van der Waals surface area contributed by atoms with Crippen molar-refractivity contribution in [3.63, 3.8) is 0 Å². The van der Waals surface area contributed by atoms with Gasteiger partial charge in [0.05, 0.1) is 34.5 Å². The Bertz CT molecular complexity index is 889. The summed E-state index contributed by atoms with van der Waals surface area (Å²) in [5.41, 5.74) is 0.262. The minimum atomic E-state index is -4.27. The van der Waals surface area contributed by atoms with Gasteiger partial charge >= 0.3 is 41.5 Å². The van der Waals surface area contributed by atoms with Crippen LogP contribution in [0.2, 0.25) is 0 Å². The molecule has 0 aromatic heterocycles. The van der Waals surface area contributed by atoms with E-state index in [-0.39, 0.29) is 60.1 Å².